The fourth-order valence-electron chi connectivity index (χ4n) is 3.78. The number of aromatic nitrogens is 1. The number of benzene rings is 1. The average Bonchev–Trinajstić information content (AvgIpc) is 3.02. The molecule has 1 aliphatic heterocycles. The highest BCUT2D eigenvalue weighted by Gasteiger charge is 2.27. The second-order valence-corrected chi connectivity index (χ2v) is 6.42. The molecule has 2 aliphatic rings. The summed E-state index contributed by atoms with van der Waals surface area (Å²) in [6, 6.07) is 4.19. The number of aryl methyl sites for hydroxylation is 3. The van der Waals surface area contributed by atoms with Crippen LogP contribution in [0, 0.1) is 13.8 Å². The van der Waals surface area contributed by atoms with Gasteiger partial charge in [-0.25, -0.2) is 0 Å². The quantitative estimate of drug-likeness (QED) is 0.767. The highest BCUT2D eigenvalue weighted by atomic mass is 16.2. The van der Waals surface area contributed by atoms with Gasteiger partial charge in [-0.05, 0) is 73.9 Å². The topological polar surface area (TPSA) is 44.9 Å². The zero-order chi connectivity index (χ0) is 15.3. The second kappa shape index (κ2) is 4.87. The van der Waals surface area contributed by atoms with Gasteiger partial charge in [0.15, 0.2) is 0 Å². The van der Waals surface area contributed by atoms with Gasteiger partial charge in [-0.2, -0.15) is 0 Å². The van der Waals surface area contributed by atoms with E-state index >= 15 is 0 Å². The van der Waals surface area contributed by atoms with Gasteiger partial charge in [-0.15, -0.1) is 0 Å². The Bertz CT molecular complexity index is 811. The molecular weight excluding hydrogens is 272 g/mol. The van der Waals surface area contributed by atoms with E-state index in [0.717, 1.165) is 35.2 Å². The molecule has 4 rings (SSSR count). The highest BCUT2D eigenvalue weighted by Crippen LogP contribution is 2.37. The fraction of sp³-hybridized carbons (Fsp3) is 0.316. The van der Waals surface area contributed by atoms with Crippen molar-refractivity contribution < 1.29 is 4.79 Å². The van der Waals surface area contributed by atoms with Crippen molar-refractivity contribution in [3.63, 3.8) is 0 Å². The number of H-pyrrole nitrogens is 1. The van der Waals surface area contributed by atoms with Crippen molar-refractivity contribution in [3.05, 3.63) is 51.8 Å². The molecule has 0 fully saturated rings. The van der Waals surface area contributed by atoms with Gasteiger partial charge in [0, 0.05) is 28.7 Å². The molecule has 2 heterocycles. The zero-order valence-corrected chi connectivity index (χ0v) is 13.0. The third kappa shape index (κ3) is 2.00. The Morgan fingerprint density at radius 2 is 1.95 bits per heavy atom. The molecule has 0 saturated heterocycles. The van der Waals surface area contributed by atoms with Gasteiger partial charge in [0.05, 0.1) is 0 Å². The second-order valence-electron chi connectivity index (χ2n) is 6.42. The van der Waals surface area contributed by atoms with Gasteiger partial charge in [0.2, 0.25) is 0 Å². The van der Waals surface area contributed by atoms with Gasteiger partial charge in [0.1, 0.15) is 0 Å². The first-order valence-corrected chi connectivity index (χ1v) is 7.97. The molecule has 2 aromatic rings. The van der Waals surface area contributed by atoms with Crippen molar-refractivity contribution in [2.75, 3.05) is 5.32 Å². The van der Waals surface area contributed by atoms with E-state index in [1.54, 1.807) is 0 Å². The number of anilines is 1. The normalized spacial score (nSPS) is 18.3. The molecule has 2 N–H and O–H groups in total. The minimum absolute atomic E-state index is 0.00876. The van der Waals surface area contributed by atoms with Gasteiger partial charge in [-0.1, -0.05) is 6.07 Å². The summed E-state index contributed by atoms with van der Waals surface area (Å²) in [5.41, 5.74) is 9.04. The molecule has 0 bridgehead atoms. The molecule has 1 aromatic carbocycles. The molecule has 0 spiro atoms. The van der Waals surface area contributed by atoms with Crippen molar-refractivity contribution in [1.29, 1.82) is 0 Å². The van der Waals surface area contributed by atoms with Gasteiger partial charge in [-0.3, -0.25) is 4.79 Å². The van der Waals surface area contributed by atoms with Crippen LogP contribution in [0.1, 0.15) is 46.4 Å². The minimum atomic E-state index is 0.00876. The lowest BCUT2D eigenvalue weighted by Crippen LogP contribution is -2.04. The summed E-state index contributed by atoms with van der Waals surface area (Å²) in [6.07, 6.45) is 8.84. The minimum Gasteiger partial charge on any atom is -0.364 e. The molecule has 112 valence electrons. The molecule has 3 heteroatoms. The maximum absolute atomic E-state index is 12.4. The maximum atomic E-state index is 12.4. The number of nitrogens with one attached hydrogen (secondary N) is 2. The largest absolute Gasteiger partial charge is 0.364 e. The van der Waals surface area contributed by atoms with E-state index in [9.17, 15) is 4.79 Å². The zero-order valence-electron chi connectivity index (χ0n) is 13.0. The van der Waals surface area contributed by atoms with E-state index in [1.165, 1.54) is 35.2 Å². The van der Waals surface area contributed by atoms with Gasteiger partial charge in [0.25, 0.3) is 5.91 Å². The Hall–Kier alpha value is -2.29. The van der Waals surface area contributed by atoms with Crippen molar-refractivity contribution in [1.82, 2.24) is 4.98 Å². The first kappa shape index (κ1) is 13.4. The van der Waals surface area contributed by atoms with Crippen LogP contribution in [-0.4, -0.2) is 10.9 Å². The van der Waals surface area contributed by atoms with Crippen molar-refractivity contribution in [3.8, 4) is 0 Å². The molecule has 1 amide bonds. The van der Waals surface area contributed by atoms with Crippen LogP contribution in [0.5, 0.6) is 0 Å². The van der Waals surface area contributed by atoms with E-state index in [4.69, 9.17) is 0 Å². The van der Waals surface area contributed by atoms with E-state index in [-0.39, 0.29) is 5.91 Å². The Kier molecular flexibility index (Phi) is 2.96. The van der Waals surface area contributed by atoms with Crippen LogP contribution in [0.25, 0.3) is 11.6 Å². The molecule has 0 saturated carbocycles. The Balaban J connectivity index is 1.84. The summed E-state index contributed by atoms with van der Waals surface area (Å²) >= 11 is 0. The standard InChI is InChI=1S/C19H20N2O/c1-11-7-12(2)18-15(19(22)21-17(18)8-11)9-13-10-20-16-6-4-3-5-14(13)16/h7-10,20H,3-6H2,1-2H3,(H,21,22). The molecule has 1 aliphatic carbocycles. The molecular formula is C19H20N2O. The smallest absolute Gasteiger partial charge is 0.256 e. The number of rotatable bonds is 1. The van der Waals surface area contributed by atoms with Gasteiger partial charge >= 0.3 is 0 Å². The van der Waals surface area contributed by atoms with Crippen molar-refractivity contribution in [2.24, 2.45) is 0 Å². The monoisotopic (exact) mass is 292 g/mol. The number of aromatic amines is 1. The third-order valence-corrected chi connectivity index (χ3v) is 4.76. The number of hydrogen-bond acceptors (Lipinski definition) is 1. The SMILES string of the molecule is Cc1cc(C)c2c(c1)NC(=O)C2=Cc1c[nH]c2c1CCCC2. The lowest BCUT2D eigenvalue weighted by molar-refractivity contribution is -0.110. The van der Waals surface area contributed by atoms with Crippen molar-refractivity contribution in [2.45, 2.75) is 39.5 Å². The van der Waals surface area contributed by atoms with E-state index in [2.05, 4.69) is 42.5 Å². The average molecular weight is 292 g/mol. The first-order valence-electron chi connectivity index (χ1n) is 7.97. The number of carbonyl (C=O) groups is 1. The van der Waals surface area contributed by atoms with E-state index in [0.29, 0.717) is 0 Å². The van der Waals surface area contributed by atoms with E-state index in [1.807, 2.05) is 6.07 Å². The third-order valence-electron chi connectivity index (χ3n) is 4.76. The number of carbonyl (C=O) groups excluding carboxylic acids is 1. The first-order chi connectivity index (χ1) is 10.6. The number of hydrogen-bond donors (Lipinski definition) is 2. The molecule has 0 unspecified atom stereocenters. The van der Waals surface area contributed by atoms with Crippen LogP contribution < -0.4 is 5.32 Å². The predicted octanol–water partition coefficient (Wildman–Crippen LogP) is 4.00. The van der Waals surface area contributed by atoms with Gasteiger partial charge < -0.3 is 10.3 Å². The predicted molar refractivity (Wildman–Crippen MR) is 89.9 cm³/mol. The number of fused-ring (bicyclic) bond motifs is 2. The molecule has 0 atom stereocenters. The lowest BCUT2D eigenvalue weighted by Gasteiger charge is -2.11. The molecule has 3 nitrogen and oxygen atoms in total. The Labute approximate surface area is 130 Å². The lowest BCUT2D eigenvalue weighted by atomic mass is 9.93. The summed E-state index contributed by atoms with van der Waals surface area (Å²) < 4.78 is 0. The maximum Gasteiger partial charge on any atom is 0.256 e. The Morgan fingerprint density at radius 3 is 2.82 bits per heavy atom. The van der Waals surface area contributed by atoms with Crippen LogP contribution in [0.2, 0.25) is 0 Å². The summed E-state index contributed by atoms with van der Waals surface area (Å²) in [5.74, 6) is 0.00876. The summed E-state index contributed by atoms with van der Waals surface area (Å²) in [5, 5.41) is 3.00. The highest BCUT2D eigenvalue weighted by molar-refractivity contribution is 6.35. The molecule has 1 aromatic heterocycles. The van der Waals surface area contributed by atoms with Crippen LogP contribution in [0.15, 0.2) is 18.3 Å². The van der Waals surface area contributed by atoms with Crippen LogP contribution in [0.3, 0.4) is 0 Å². The Morgan fingerprint density at radius 1 is 1.14 bits per heavy atom. The summed E-state index contributed by atoms with van der Waals surface area (Å²) in [6.45, 7) is 4.14. The van der Waals surface area contributed by atoms with Crippen LogP contribution in [-0.2, 0) is 17.6 Å². The van der Waals surface area contributed by atoms with Crippen LogP contribution in [0.4, 0.5) is 5.69 Å². The van der Waals surface area contributed by atoms with Crippen LogP contribution >= 0.6 is 0 Å². The number of amides is 1. The molecule has 22 heavy (non-hydrogen) atoms. The van der Waals surface area contributed by atoms with Crippen molar-refractivity contribution >= 4 is 23.2 Å². The fourth-order valence-corrected chi connectivity index (χ4v) is 3.78. The van der Waals surface area contributed by atoms with E-state index < -0.39 is 0 Å². The summed E-state index contributed by atoms with van der Waals surface area (Å²) in [4.78, 5) is 15.8. The molecule has 0 radical (unpaired) electrons. The summed E-state index contributed by atoms with van der Waals surface area (Å²) in [7, 11) is 0.